The van der Waals surface area contributed by atoms with Crippen LogP contribution in [0.1, 0.15) is 43.2 Å². The minimum absolute atomic E-state index is 0.226. The zero-order valence-corrected chi connectivity index (χ0v) is 19.2. The maximum atomic E-state index is 12.5. The summed E-state index contributed by atoms with van der Waals surface area (Å²) in [6.45, 7) is 11.3. The Morgan fingerprint density at radius 2 is 1.74 bits per heavy atom. The van der Waals surface area contributed by atoms with E-state index in [-0.39, 0.29) is 5.91 Å². The fourth-order valence-corrected chi connectivity index (χ4v) is 4.54. The first-order valence-corrected chi connectivity index (χ1v) is 11.7. The van der Waals surface area contributed by atoms with E-state index in [1.54, 1.807) is 0 Å². The number of hydrogen-bond donors (Lipinski definition) is 1. The van der Waals surface area contributed by atoms with E-state index in [0.717, 1.165) is 51.6 Å². The lowest BCUT2D eigenvalue weighted by Gasteiger charge is -2.37. The predicted molar refractivity (Wildman–Crippen MR) is 124 cm³/mol. The van der Waals surface area contributed by atoms with Crippen LogP contribution in [0.5, 0.6) is 0 Å². The van der Waals surface area contributed by atoms with Gasteiger partial charge in [0.1, 0.15) is 0 Å². The molecule has 2 atom stereocenters. The van der Waals surface area contributed by atoms with Gasteiger partial charge in [0.15, 0.2) is 5.96 Å². The SMILES string of the molecule is CN=C(NC1CC1c1ccc(C(C)C)cc1)N1CCN(CC(=O)N2CCOCC2)CC1. The Morgan fingerprint density at radius 3 is 2.35 bits per heavy atom. The Labute approximate surface area is 186 Å². The molecule has 7 heteroatoms. The lowest BCUT2D eigenvalue weighted by Crippen LogP contribution is -2.55. The van der Waals surface area contributed by atoms with Gasteiger partial charge in [-0.2, -0.15) is 0 Å². The van der Waals surface area contributed by atoms with Gasteiger partial charge in [-0.1, -0.05) is 38.1 Å². The molecule has 1 N–H and O–H groups in total. The van der Waals surface area contributed by atoms with Crippen LogP contribution in [0.15, 0.2) is 29.3 Å². The van der Waals surface area contributed by atoms with Crippen LogP contribution in [0.3, 0.4) is 0 Å². The van der Waals surface area contributed by atoms with Crippen molar-refractivity contribution in [3.63, 3.8) is 0 Å². The molecule has 7 nitrogen and oxygen atoms in total. The average molecular weight is 428 g/mol. The number of nitrogens with one attached hydrogen (secondary N) is 1. The number of guanidine groups is 1. The fraction of sp³-hybridized carbons (Fsp3) is 0.667. The number of amides is 1. The first kappa shape index (κ1) is 22.1. The molecule has 0 aromatic heterocycles. The lowest BCUT2D eigenvalue weighted by molar-refractivity contribution is -0.136. The third-order valence-electron chi connectivity index (χ3n) is 6.74. The van der Waals surface area contributed by atoms with Gasteiger partial charge in [-0.15, -0.1) is 0 Å². The molecule has 2 aliphatic heterocycles. The van der Waals surface area contributed by atoms with Crippen LogP contribution in [0.2, 0.25) is 0 Å². The van der Waals surface area contributed by atoms with Crippen LogP contribution >= 0.6 is 0 Å². The maximum Gasteiger partial charge on any atom is 0.236 e. The van der Waals surface area contributed by atoms with E-state index in [1.165, 1.54) is 11.1 Å². The second-order valence-electron chi connectivity index (χ2n) is 9.22. The Hall–Kier alpha value is -2.12. The molecule has 3 fully saturated rings. The zero-order chi connectivity index (χ0) is 21.8. The second-order valence-corrected chi connectivity index (χ2v) is 9.22. The number of carbonyl (C=O) groups is 1. The highest BCUT2D eigenvalue weighted by Gasteiger charge is 2.39. The van der Waals surface area contributed by atoms with Gasteiger partial charge < -0.3 is 19.9 Å². The minimum atomic E-state index is 0.226. The molecule has 1 saturated carbocycles. The molecule has 4 rings (SSSR count). The molecule has 2 heterocycles. The highest BCUT2D eigenvalue weighted by Crippen LogP contribution is 2.41. The van der Waals surface area contributed by atoms with Crippen molar-refractivity contribution in [2.45, 2.75) is 38.1 Å². The summed E-state index contributed by atoms with van der Waals surface area (Å²) in [6, 6.07) is 9.57. The summed E-state index contributed by atoms with van der Waals surface area (Å²) in [5.74, 6) is 2.36. The van der Waals surface area contributed by atoms with Gasteiger partial charge in [0.2, 0.25) is 5.91 Å². The number of morpholine rings is 1. The first-order valence-electron chi connectivity index (χ1n) is 11.7. The quantitative estimate of drug-likeness (QED) is 0.573. The summed E-state index contributed by atoms with van der Waals surface area (Å²) >= 11 is 0. The van der Waals surface area contributed by atoms with E-state index < -0.39 is 0 Å². The monoisotopic (exact) mass is 427 g/mol. The summed E-state index contributed by atoms with van der Waals surface area (Å²) in [4.78, 5) is 23.6. The van der Waals surface area contributed by atoms with Gasteiger partial charge in [-0.25, -0.2) is 0 Å². The van der Waals surface area contributed by atoms with Gasteiger partial charge in [0.05, 0.1) is 19.8 Å². The molecule has 1 amide bonds. The molecule has 1 aromatic rings. The van der Waals surface area contributed by atoms with Crippen LogP contribution in [0.25, 0.3) is 0 Å². The van der Waals surface area contributed by atoms with Crippen molar-refractivity contribution in [3.8, 4) is 0 Å². The van der Waals surface area contributed by atoms with Crippen LogP contribution in [0, 0.1) is 0 Å². The normalized spacial score (nSPS) is 25.1. The van der Waals surface area contributed by atoms with Crippen molar-refractivity contribution < 1.29 is 9.53 Å². The highest BCUT2D eigenvalue weighted by molar-refractivity contribution is 5.81. The van der Waals surface area contributed by atoms with Gasteiger partial charge in [0.25, 0.3) is 0 Å². The molecule has 3 aliphatic rings. The minimum Gasteiger partial charge on any atom is -0.378 e. The Morgan fingerprint density at radius 1 is 1.06 bits per heavy atom. The van der Waals surface area contributed by atoms with E-state index in [0.29, 0.717) is 37.6 Å². The standard InChI is InChI=1S/C24H37N5O2/c1-18(2)19-4-6-20(7-5-19)21-16-22(21)26-24(25-3)29-10-8-27(9-11-29)17-23(30)28-12-14-31-15-13-28/h4-7,18,21-22H,8-17H2,1-3H3,(H,25,26). The van der Waals surface area contributed by atoms with E-state index in [4.69, 9.17) is 4.74 Å². The second kappa shape index (κ2) is 10.0. The number of piperazine rings is 1. The summed E-state index contributed by atoms with van der Waals surface area (Å²) < 4.78 is 5.35. The zero-order valence-electron chi connectivity index (χ0n) is 19.2. The van der Waals surface area contributed by atoms with E-state index in [9.17, 15) is 4.79 Å². The van der Waals surface area contributed by atoms with E-state index >= 15 is 0 Å². The van der Waals surface area contributed by atoms with Gasteiger partial charge in [0, 0.05) is 58.3 Å². The number of benzene rings is 1. The van der Waals surface area contributed by atoms with Crippen molar-refractivity contribution in [1.82, 2.24) is 20.0 Å². The van der Waals surface area contributed by atoms with Crippen LogP contribution < -0.4 is 5.32 Å². The fourth-order valence-electron chi connectivity index (χ4n) is 4.54. The van der Waals surface area contributed by atoms with Gasteiger partial charge in [-0.3, -0.25) is 14.7 Å². The number of rotatable bonds is 5. The van der Waals surface area contributed by atoms with Crippen LogP contribution in [-0.2, 0) is 9.53 Å². The Bertz CT molecular complexity index is 765. The molecular formula is C24H37N5O2. The third-order valence-corrected chi connectivity index (χ3v) is 6.74. The molecule has 2 saturated heterocycles. The predicted octanol–water partition coefficient (Wildman–Crippen LogP) is 1.72. The van der Waals surface area contributed by atoms with E-state index in [2.05, 4.69) is 58.2 Å². The van der Waals surface area contributed by atoms with Gasteiger partial charge >= 0.3 is 0 Å². The smallest absolute Gasteiger partial charge is 0.236 e. The highest BCUT2D eigenvalue weighted by atomic mass is 16.5. The van der Waals surface area contributed by atoms with Crippen molar-refractivity contribution in [2.75, 3.05) is 66.1 Å². The van der Waals surface area contributed by atoms with Crippen LogP contribution in [0.4, 0.5) is 0 Å². The summed E-state index contributed by atoms with van der Waals surface area (Å²) in [5, 5.41) is 3.67. The summed E-state index contributed by atoms with van der Waals surface area (Å²) in [5.41, 5.74) is 2.82. The van der Waals surface area contributed by atoms with Crippen molar-refractivity contribution >= 4 is 11.9 Å². The topological polar surface area (TPSA) is 60.4 Å². The first-order chi connectivity index (χ1) is 15.0. The molecule has 0 bridgehead atoms. The number of nitrogens with zero attached hydrogens (tertiary/aromatic N) is 4. The number of hydrogen-bond acceptors (Lipinski definition) is 4. The average Bonchev–Trinajstić information content (AvgIpc) is 3.58. The summed E-state index contributed by atoms with van der Waals surface area (Å²) in [7, 11) is 1.87. The van der Waals surface area contributed by atoms with Crippen LogP contribution in [-0.4, -0.2) is 98.7 Å². The number of carbonyl (C=O) groups excluding carboxylic acids is 1. The van der Waals surface area contributed by atoms with Crippen molar-refractivity contribution in [3.05, 3.63) is 35.4 Å². The molecule has 1 aliphatic carbocycles. The Kier molecular flexibility index (Phi) is 7.13. The van der Waals surface area contributed by atoms with Crippen molar-refractivity contribution in [2.24, 2.45) is 4.99 Å². The molecule has 0 radical (unpaired) electrons. The number of aliphatic imine (C=N–C) groups is 1. The van der Waals surface area contributed by atoms with Crippen molar-refractivity contribution in [1.29, 1.82) is 0 Å². The molecule has 1 aromatic carbocycles. The maximum absolute atomic E-state index is 12.5. The lowest BCUT2D eigenvalue weighted by atomic mass is 10.0. The molecule has 31 heavy (non-hydrogen) atoms. The molecule has 2 unspecified atom stereocenters. The van der Waals surface area contributed by atoms with Gasteiger partial charge in [-0.05, 0) is 23.5 Å². The third kappa shape index (κ3) is 5.57. The summed E-state index contributed by atoms with van der Waals surface area (Å²) in [6.07, 6.45) is 1.16. The largest absolute Gasteiger partial charge is 0.378 e. The molecular weight excluding hydrogens is 390 g/mol. The molecule has 170 valence electrons. The Balaban J connectivity index is 1.22. The molecule has 0 spiro atoms. The number of ether oxygens (including phenoxy) is 1. The van der Waals surface area contributed by atoms with E-state index in [1.807, 2.05) is 11.9 Å².